The summed E-state index contributed by atoms with van der Waals surface area (Å²) in [6.07, 6.45) is 4.38. The number of carbonyl (C=O) groups is 2. The van der Waals surface area contributed by atoms with Crippen molar-refractivity contribution in [2.45, 2.75) is 57.4 Å². The Morgan fingerprint density at radius 3 is 2.37 bits per heavy atom. The largest absolute Gasteiger partial charge is 0.342 e. The number of piperazine rings is 1. The summed E-state index contributed by atoms with van der Waals surface area (Å²) in [5, 5.41) is 2.87. The number of hydrogen-bond acceptors (Lipinski definition) is 3. The zero-order valence-electron chi connectivity index (χ0n) is 12.4. The third kappa shape index (κ3) is 2.76. The zero-order chi connectivity index (χ0) is 14.4. The van der Waals surface area contributed by atoms with Crippen molar-refractivity contribution in [3.8, 4) is 0 Å². The molecule has 2 amide bonds. The fraction of sp³-hybridized carbons (Fsp3) is 0.857. The predicted molar refractivity (Wildman–Crippen MR) is 78.0 cm³/mol. The highest BCUT2D eigenvalue weighted by Crippen LogP contribution is 2.48. The Labute approximate surface area is 119 Å². The monoisotopic (exact) mass is 284 g/mol. The number of nitrogens with zero attached hydrogens (tertiary/aromatic N) is 1. The molecule has 2 atom stereocenters. The van der Waals surface area contributed by atoms with Crippen LogP contribution in [0.15, 0.2) is 0 Å². The summed E-state index contributed by atoms with van der Waals surface area (Å²) in [5.41, 5.74) is -0.249. The Balaban J connectivity index is 2.19. The first-order chi connectivity index (χ1) is 8.70. The van der Waals surface area contributed by atoms with Gasteiger partial charge < -0.3 is 10.2 Å². The summed E-state index contributed by atoms with van der Waals surface area (Å²) < 4.78 is 0.198. The summed E-state index contributed by atoms with van der Waals surface area (Å²) in [7, 11) is 0. The van der Waals surface area contributed by atoms with Gasteiger partial charge in [0.25, 0.3) is 0 Å². The lowest BCUT2D eigenvalue weighted by Crippen LogP contribution is -2.66. The quantitative estimate of drug-likeness (QED) is 0.857. The van der Waals surface area contributed by atoms with Gasteiger partial charge in [0.15, 0.2) is 0 Å². The van der Waals surface area contributed by atoms with Gasteiger partial charge in [0, 0.05) is 11.3 Å². The topological polar surface area (TPSA) is 49.4 Å². The van der Waals surface area contributed by atoms with Gasteiger partial charge in [-0.05, 0) is 31.4 Å². The van der Waals surface area contributed by atoms with Crippen LogP contribution in [0.2, 0.25) is 0 Å². The smallest absolute Gasteiger partial charge is 0.246 e. The normalized spacial score (nSPS) is 30.3. The second-order valence-electron chi connectivity index (χ2n) is 6.84. The van der Waals surface area contributed by atoms with Gasteiger partial charge in [-0.25, -0.2) is 0 Å². The maximum Gasteiger partial charge on any atom is 0.246 e. The van der Waals surface area contributed by atoms with Crippen molar-refractivity contribution in [1.82, 2.24) is 10.2 Å². The van der Waals surface area contributed by atoms with Crippen molar-refractivity contribution < 1.29 is 9.59 Å². The van der Waals surface area contributed by atoms with Gasteiger partial charge >= 0.3 is 0 Å². The molecule has 1 saturated carbocycles. The zero-order valence-corrected chi connectivity index (χ0v) is 13.3. The molecule has 4 nitrogen and oxygen atoms in total. The molecule has 1 saturated heterocycles. The highest BCUT2D eigenvalue weighted by Gasteiger charge is 2.50. The van der Waals surface area contributed by atoms with E-state index in [-0.39, 0.29) is 28.0 Å². The third-order valence-corrected chi connectivity index (χ3v) is 5.63. The van der Waals surface area contributed by atoms with Crippen LogP contribution in [0.25, 0.3) is 0 Å². The Bertz CT molecular complexity index is 399. The van der Waals surface area contributed by atoms with Crippen molar-refractivity contribution >= 4 is 23.6 Å². The molecule has 1 aliphatic heterocycles. The van der Waals surface area contributed by atoms with Crippen LogP contribution in [-0.2, 0) is 9.59 Å². The first-order valence-electron chi connectivity index (χ1n) is 6.86. The molecule has 5 heteroatoms. The highest BCUT2D eigenvalue weighted by atomic mass is 32.2. The van der Waals surface area contributed by atoms with E-state index >= 15 is 0 Å². The molecule has 2 fully saturated rings. The highest BCUT2D eigenvalue weighted by molar-refractivity contribution is 8.00. The molecule has 2 aliphatic rings. The van der Waals surface area contributed by atoms with Crippen LogP contribution in [-0.4, -0.2) is 46.3 Å². The second-order valence-corrected chi connectivity index (χ2v) is 8.11. The lowest BCUT2D eigenvalue weighted by molar-refractivity contribution is -0.151. The third-order valence-electron chi connectivity index (χ3n) is 4.23. The van der Waals surface area contributed by atoms with Gasteiger partial charge in [0.1, 0.15) is 12.1 Å². The lowest BCUT2D eigenvalue weighted by atomic mass is 9.84. The molecule has 0 aromatic carbocycles. The molecule has 0 aromatic heterocycles. The number of hydrogen-bond donors (Lipinski definition) is 1. The van der Waals surface area contributed by atoms with Gasteiger partial charge in [-0.15, -0.1) is 0 Å². The second kappa shape index (κ2) is 4.69. The van der Waals surface area contributed by atoms with Crippen LogP contribution in [0.5, 0.6) is 0 Å². The summed E-state index contributed by atoms with van der Waals surface area (Å²) in [6, 6.07) is -0.760. The van der Waals surface area contributed by atoms with Gasteiger partial charge in [0.2, 0.25) is 11.8 Å². The molecule has 0 spiro atoms. The summed E-state index contributed by atoms with van der Waals surface area (Å²) in [6.45, 7) is 8.50. The van der Waals surface area contributed by atoms with Gasteiger partial charge in [-0.2, -0.15) is 11.8 Å². The van der Waals surface area contributed by atoms with E-state index in [1.54, 1.807) is 4.90 Å². The van der Waals surface area contributed by atoms with Crippen LogP contribution in [0, 0.1) is 5.41 Å². The number of carbonyl (C=O) groups excluding carboxylic acids is 2. The lowest BCUT2D eigenvalue weighted by Gasteiger charge is -2.43. The van der Waals surface area contributed by atoms with E-state index in [1.807, 2.05) is 39.5 Å². The summed E-state index contributed by atoms with van der Waals surface area (Å²) >= 11 is 1.82. The average Bonchev–Trinajstić information content (AvgIpc) is 3.08. The first-order valence-corrected chi connectivity index (χ1v) is 8.09. The van der Waals surface area contributed by atoms with Crippen LogP contribution in [0.3, 0.4) is 0 Å². The molecule has 1 N–H and O–H groups in total. The fourth-order valence-corrected chi connectivity index (χ4v) is 3.28. The Morgan fingerprint density at radius 1 is 1.37 bits per heavy atom. The maximum atomic E-state index is 12.7. The summed E-state index contributed by atoms with van der Waals surface area (Å²) in [5.74, 6) is 0.0383. The SMILES string of the molecule is CSC1(CN2C(=O)C(C(C)(C)C)NC(=O)C2C)CC1. The van der Waals surface area contributed by atoms with E-state index < -0.39 is 6.04 Å². The van der Waals surface area contributed by atoms with E-state index in [2.05, 4.69) is 11.6 Å². The standard InChI is InChI=1S/C14H24N2O2S/c1-9-11(17)15-10(13(2,3)4)12(18)16(9)8-14(19-5)6-7-14/h9-10H,6-8H2,1-5H3,(H,15,17). The van der Waals surface area contributed by atoms with Gasteiger partial charge in [-0.3, -0.25) is 9.59 Å². The minimum Gasteiger partial charge on any atom is -0.342 e. The van der Waals surface area contributed by atoms with Crippen LogP contribution < -0.4 is 5.32 Å². The van der Waals surface area contributed by atoms with E-state index in [4.69, 9.17) is 0 Å². The van der Waals surface area contributed by atoms with E-state index in [0.717, 1.165) is 12.8 Å². The van der Waals surface area contributed by atoms with Crippen LogP contribution >= 0.6 is 11.8 Å². The molecule has 1 aliphatic carbocycles. The minimum atomic E-state index is -0.408. The number of thioether (sulfide) groups is 1. The van der Waals surface area contributed by atoms with Gasteiger partial charge in [-0.1, -0.05) is 20.8 Å². The number of rotatable bonds is 3. The number of nitrogens with one attached hydrogen (secondary N) is 1. The summed E-state index contributed by atoms with van der Waals surface area (Å²) in [4.78, 5) is 26.5. The van der Waals surface area contributed by atoms with Crippen molar-refractivity contribution in [3.05, 3.63) is 0 Å². The predicted octanol–water partition coefficient (Wildman–Crippen LogP) is 1.64. The maximum absolute atomic E-state index is 12.7. The van der Waals surface area contributed by atoms with Crippen molar-refractivity contribution in [3.63, 3.8) is 0 Å². The van der Waals surface area contributed by atoms with Crippen molar-refractivity contribution in [2.24, 2.45) is 5.41 Å². The molecular formula is C14H24N2O2S. The average molecular weight is 284 g/mol. The van der Waals surface area contributed by atoms with Crippen molar-refractivity contribution in [1.29, 1.82) is 0 Å². The molecule has 108 valence electrons. The molecule has 0 bridgehead atoms. The molecule has 2 unspecified atom stereocenters. The molecule has 2 rings (SSSR count). The van der Waals surface area contributed by atoms with Crippen LogP contribution in [0.1, 0.15) is 40.5 Å². The fourth-order valence-electron chi connectivity index (χ4n) is 2.50. The van der Waals surface area contributed by atoms with Crippen LogP contribution in [0.4, 0.5) is 0 Å². The Morgan fingerprint density at radius 2 is 1.95 bits per heavy atom. The molecule has 0 radical (unpaired) electrons. The Kier molecular flexibility index (Phi) is 3.62. The molecule has 0 aromatic rings. The Hall–Kier alpha value is -0.710. The van der Waals surface area contributed by atoms with E-state index in [1.165, 1.54) is 0 Å². The van der Waals surface area contributed by atoms with E-state index in [0.29, 0.717) is 6.54 Å². The molecule has 19 heavy (non-hydrogen) atoms. The van der Waals surface area contributed by atoms with Gasteiger partial charge in [0.05, 0.1) is 0 Å². The minimum absolute atomic E-state index is 0.0311. The molecular weight excluding hydrogens is 260 g/mol. The van der Waals surface area contributed by atoms with E-state index in [9.17, 15) is 9.59 Å². The molecule has 1 heterocycles. The first kappa shape index (κ1) is 14.7. The number of amides is 2. The van der Waals surface area contributed by atoms with Crippen molar-refractivity contribution in [2.75, 3.05) is 12.8 Å².